The average molecular weight is 556 g/mol. The van der Waals surface area contributed by atoms with Crippen LogP contribution in [0.3, 0.4) is 0 Å². The van der Waals surface area contributed by atoms with Crippen LogP contribution >= 0.6 is 22.9 Å². The van der Waals surface area contributed by atoms with Crippen LogP contribution < -0.4 is 5.32 Å². The highest BCUT2D eigenvalue weighted by molar-refractivity contribution is 7.91. The van der Waals surface area contributed by atoms with E-state index in [0.29, 0.717) is 30.7 Å². The molecule has 1 spiro atoms. The Morgan fingerprint density at radius 3 is 2.65 bits per heavy atom. The first kappa shape index (κ1) is 23.5. The lowest BCUT2D eigenvalue weighted by atomic mass is 9.91. The van der Waals surface area contributed by atoms with Crippen molar-refractivity contribution < 1.29 is 13.2 Å². The van der Waals surface area contributed by atoms with Crippen LogP contribution in [0.5, 0.6) is 0 Å². The van der Waals surface area contributed by atoms with Gasteiger partial charge in [0, 0.05) is 39.2 Å². The van der Waals surface area contributed by atoms with Crippen LogP contribution in [-0.2, 0) is 33.0 Å². The minimum absolute atomic E-state index is 0.00112. The Bertz CT molecular complexity index is 1610. The Morgan fingerprint density at radius 1 is 1.19 bits per heavy atom. The smallest absolute Gasteiger partial charge is 0.224 e. The average Bonchev–Trinajstić information content (AvgIpc) is 3.15. The van der Waals surface area contributed by atoms with E-state index in [1.807, 2.05) is 31.2 Å². The van der Waals surface area contributed by atoms with Crippen LogP contribution in [-0.4, -0.2) is 52.3 Å². The molecular formula is C26H26ClN5O3S2. The van der Waals surface area contributed by atoms with Gasteiger partial charge in [-0.15, -0.1) is 21.5 Å². The highest BCUT2D eigenvalue weighted by Gasteiger charge is 2.52. The van der Waals surface area contributed by atoms with Crippen molar-refractivity contribution in [2.24, 2.45) is 10.9 Å². The summed E-state index contributed by atoms with van der Waals surface area (Å²) in [4.78, 5) is 19.7. The molecule has 1 N–H and O–H groups in total. The number of nitrogens with zero attached hydrogens (tertiary/aromatic N) is 4. The Kier molecular flexibility index (Phi) is 5.07. The first-order valence-electron chi connectivity index (χ1n) is 12.6. The molecule has 0 radical (unpaired) electrons. The van der Waals surface area contributed by atoms with E-state index in [2.05, 4.69) is 20.1 Å². The van der Waals surface area contributed by atoms with Gasteiger partial charge in [0.1, 0.15) is 26.2 Å². The van der Waals surface area contributed by atoms with Crippen molar-refractivity contribution in [3.63, 3.8) is 0 Å². The largest absolute Gasteiger partial charge is 0.353 e. The number of fused-ring (bicyclic) bond motifs is 6. The highest BCUT2D eigenvalue weighted by Crippen LogP contribution is 2.54. The minimum atomic E-state index is -3.05. The van der Waals surface area contributed by atoms with E-state index in [1.54, 1.807) is 11.3 Å². The maximum absolute atomic E-state index is 13.2. The van der Waals surface area contributed by atoms with Gasteiger partial charge in [-0.1, -0.05) is 29.8 Å². The number of hydrogen-bond acceptors (Lipinski definition) is 7. The normalized spacial score (nSPS) is 24.9. The molecule has 2 aromatic heterocycles. The van der Waals surface area contributed by atoms with Crippen LogP contribution in [0.1, 0.15) is 58.9 Å². The van der Waals surface area contributed by atoms with Crippen LogP contribution in [0, 0.1) is 12.8 Å². The number of amides is 1. The number of benzene rings is 1. The van der Waals surface area contributed by atoms with Gasteiger partial charge in [-0.05, 0) is 57.1 Å². The lowest BCUT2D eigenvalue weighted by Gasteiger charge is -2.35. The highest BCUT2D eigenvalue weighted by atomic mass is 35.5. The molecule has 3 heterocycles. The van der Waals surface area contributed by atoms with Gasteiger partial charge in [0.05, 0.1) is 11.0 Å². The molecule has 0 bridgehead atoms. The monoisotopic (exact) mass is 555 g/mol. The van der Waals surface area contributed by atoms with Gasteiger partial charge in [0.25, 0.3) is 0 Å². The zero-order valence-electron chi connectivity index (χ0n) is 20.5. The van der Waals surface area contributed by atoms with Gasteiger partial charge in [-0.2, -0.15) is 0 Å². The van der Waals surface area contributed by atoms with Crippen molar-refractivity contribution in [1.82, 2.24) is 20.1 Å². The second-order valence-corrected chi connectivity index (χ2v) is 14.6. The molecule has 2 saturated carbocycles. The number of thiophene rings is 1. The van der Waals surface area contributed by atoms with Gasteiger partial charge in [0.15, 0.2) is 5.82 Å². The maximum Gasteiger partial charge on any atom is 0.224 e. The first-order valence-corrected chi connectivity index (χ1v) is 15.7. The number of hydrogen-bond donors (Lipinski definition) is 1. The molecule has 1 amide bonds. The summed E-state index contributed by atoms with van der Waals surface area (Å²) in [6.45, 7) is 1.97. The third-order valence-electron chi connectivity index (χ3n) is 8.23. The van der Waals surface area contributed by atoms with E-state index in [9.17, 15) is 13.2 Å². The molecule has 3 aliphatic carbocycles. The summed E-state index contributed by atoms with van der Waals surface area (Å²) in [5.74, 6) is 1.53. The maximum atomic E-state index is 13.2. The van der Waals surface area contributed by atoms with Gasteiger partial charge in [-0.25, -0.2) is 8.42 Å². The Morgan fingerprint density at radius 2 is 1.95 bits per heavy atom. The van der Waals surface area contributed by atoms with Gasteiger partial charge < -0.3 is 5.32 Å². The molecule has 0 unspecified atom stereocenters. The summed E-state index contributed by atoms with van der Waals surface area (Å²) in [5, 5.41) is 13.4. The van der Waals surface area contributed by atoms with Crippen molar-refractivity contribution in [1.29, 1.82) is 0 Å². The van der Waals surface area contributed by atoms with E-state index >= 15 is 0 Å². The van der Waals surface area contributed by atoms with E-state index in [0.717, 1.165) is 51.9 Å². The molecule has 1 aromatic carbocycles. The van der Waals surface area contributed by atoms with Crippen LogP contribution in [0.25, 0.3) is 5.00 Å². The minimum Gasteiger partial charge on any atom is -0.353 e. The Hall–Kier alpha value is -2.56. The number of carbonyl (C=O) groups is 1. The topological polar surface area (TPSA) is 106 Å². The van der Waals surface area contributed by atoms with Crippen molar-refractivity contribution in [3.8, 4) is 5.00 Å². The Labute approximate surface area is 224 Å². The van der Waals surface area contributed by atoms with Crippen molar-refractivity contribution in [3.05, 3.63) is 62.5 Å². The van der Waals surface area contributed by atoms with E-state index in [-0.39, 0.29) is 23.1 Å². The number of aryl methyl sites for hydroxylation is 1. The van der Waals surface area contributed by atoms with E-state index in [4.69, 9.17) is 16.6 Å². The molecular weight excluding hydrogens is 530 g/mol. The first-order chi connectivity index (χ1) is 17.6. The molecule has 37 heavy (non-hydrogen) atoms. The lowest BCUT2D eigenvalue weighted by molar-refractivity contribution is -0.125. The molecule has 7 rings (SSSR count). The summed E-state index contributed by atoms with van der Waals surface area (Å²) in [7, 11) is -3.05. The van der Waals surface area contributed by atoms with Crippen LogP contribution in [0.4, 0.5) is 0 Å². The lowest BCUT2D eigenvalue weighted by Crippen LogP contribution is -2.51. The second-order valence-electron chi connectivity index (χ2n) is 10.8. The predicted octanol–water partition coefficient (Wildman–Crippen LogP) is 3.54. The van der Waals surface area contributed by atoms with Crippen molar-refractivity contribution in [2.45, 2.75) is 62.3 Å². The molecule has 11 heteroatoms. The molecule has 1 atom stereocenters. The number of aromatic nitrogens is 3. The molecule has 3 aromatic rings. The summed E-state index contributed by atoms with van der Waals surface area (Å²) in [6.07, 6.45) is 5.35. The van der Waals surface area contributed by atoms with Gasteiger partial charge in [0.2, 0.25) is 5.91 Å². The van der Waals surface area contributed by atoms with Gasteiger partial charge >= 0.3 is 0 Å². The third-order valence-corrected chi connectivity index (χ3v) is 11.4. The molecule has 192 valence electrons. The SMILES string of the molecule is Cc1nnc2n1-c1sc3c(c1C(c1ccccc1Cl)=NC21CC1)C[C@H](C(=O)NC1CC(S(C)(=O)=O)C1)C3. The van der Waals surface area contributed by atoms with Crippen LogP contribution in [0.15, 0.2) is 29.3 Å². The molecule has 2 fully saturated rings. The van der Waals surface area contributed by atoms with Gasteiger partial charge in [-0.3, -0.25) is 14.4 Å². The number of halogens is 1. The summed E-state index contributed by atoms with van der Waals surface area (Å²) in [5.41, 5.74) is 3.56. The fourth-order valence-corrected chi connectivity index (χ4v) is 8.74. The molecule has 8 nitrogen and oxygen atoms in total. The van der Waals surface area contributed by atoms with Crippen molar-refractivity contribution in [2.75, 3.05) is 6.26 Å². The second kappa shape index (κ2) is 7.97. The molecule has 1 aliphatic heterocycles. The molecule has 0 saturated heterocycles. The predicted molar refractivity (Wildman–Crippen MR) is 143 cm³/mol. The number of carbonyl (C=O) groups excluding carboxylic acids is 1. The zero-order valence-corrected chi connectivity index (χ0v) is 22.9. The number of nitrogens with one attached hydrogen (secondary N) is 1. The quantitative estimate of drug-likeness (QED) is 0.530. The number of sulfone groups is 1. The van der Waals surface area contributed by atoms with Crippen molar-refractivity contribution >= 4 is 44.4 Å². The van der Waals surface area contributed by atoms with E-state index in [1.165, 1.54) is 11.1 Å². The Balaban J connectivity index is 1.26. The number of rotatable bonds is 4. The summed E-state index contributed by atoms with van der Waals surface area (Å²) < 4.78 is 25.7. The third kappa shape index (κ3) is 3.63. The van der Waals surface area contributed by atoms with E-state index < -0.39 is 15.4 Å². The number of aliphatic imine (C=N–C) groups is 1. The summed E-state index contributed by atoms with van der Waals surface area (Å²) >= 11 is 8.40. The zero-order chi connectivity index (χ0) is 25.7. The fourth-order valence-electron chi connectivity index (χ4n) is 5.89. The fraction of sp³-hybridized carbons (Fsp3) is 0.462. The summed E-state index contributed by atoms with van der Waals surface area (Å²) in [6, 6.07) is 7.73. The standard InChI is InChI=1S/C26H26ClN5O3S2/c1-13-30-31-25-26(7-8-26)29-22(17-5-3-4-6-19(17)27)21-18-9-14(10-20(18)36-24(21)32(13)25)23(33)28-15-11-16(12-15)37(2,34)35/h3-6,14-16H,7-12H2,1-2H3,(H,28,33)/t14-,15?,16?/m0/s1. The molecule has 4 aliphatic rings. The van der Waals surface area contributed by atoms with Crippen LogP contribution in [0.2, 0.25) is 5.02 Å².